The predicted molar refractivity (Wildman–Crippen MR) is 83.2 cm³/mol. The van der Waals surface area contributed by atoms with Crippen LogP contribution in [0.3, 0.4) is 0 Å². The van der Waals surface area contributed by atoms with Gasteiger partial charge < -0.3 is 10.5 Å². The van der Waals surface area contributed by atoms with Crippen LogP contribution in [0.15, 0.2) is 53.0 Å². The number of hydrogen-bond donors (Lipinski definition) is 2. The van der Waals surface area contributed by atoms with Crippen LogP contribution in [-0.2, 0) is 6.61 Å². The van der Waals surface area contributed by atoms with Gasteiger partial charge in [-0.15, -0.1) is 12.4 Å². The first kappa shape index (κ1) is 15.5. The van der Waals surface area contributed by atoms with Crippen molar-refractivity contribution in [2.24, 2.45) is 5.73 Å². The van der Waals surface area contributed by atoms with E-state index in [2.05, 4.69) is 15.9 Å². The van der Waals surface area contributed by atoms with E-state index in [1.54, 1.807) is 6.07 Å². The maximum Gasteiger partial charge on any atom is 0.130 e. The van der Waals surface area contributed by atoms with Crippen LogP contribution in [0, 0.1) is 5.41 Å². The van der Waals surface area contributed by atoms with Gasteiger partial charge in [-0.05, 0) is 18.2 Å². The SMILES string of the molecule is Cl.N=C(N)c1ccccc1OCc1ccccc1Br. The third kappa shape index (κ3) is 3.98. The molecule has 2 aromatic rings. The van der Waals surface area contributed by atoms with Gasteiger partial charge in [-0.1, -0.05) is 46.3 Å². The van der Waals surface area contributed by atoms with Crippen molar-refractivity contribution in [3.05, 3.63) is 64.1 Å². The van der Waals surface area contributed by atoms with Gasteiger partial charge in [0, 0.05) is 10.0 Å². The van der Waals surface area contributed by atoms with Gasteiger partial charge in [-0.2, -0.15) is 0 Å². The fraction of sp³-hybridized carbons (Fsp3) is 0.0714. The maximum absolute atomic E-state index is 7.49. The molecular weight excluding hydrogens is 328 g/mol. The van der Waals surface area contributed by atoms with E-state index in [1.807, 2.05) is 42.5 Å². The molecule has 0 amide bonds. The first-order valence-corrected chi connectivity index (χ1v) is 6.27. The van der Waals surface area contributed by atoms with Crippen molar-refractivity contribution in [1.82, 2.24) is 0 Å². The van der Waals surface area contributed by atoms with Crippen molar-refractivity contribution in [2.45, 2.75) is 6.61 Å². The van der Waals surface area contributed by atoms with Gasteiger partial charge in [0.1, 0.15) is 18.2 Å². The van der Waals surface area contributed by atoms with Crippen LogP contribution in [-0.4, -0.2) is 5.84 Å². The molecule has 0 aliphatic heterocycles. The number of halogens is 2. The second kappa shape index (κ2) is 7.16. The highest BCUT2D eigenvalue weighted by Crippen LogP contribution is 2.21. The molecule has 19 heavy (non-hydrogen) atoms. The lowest BCUT2D eigenvalue weighted by atomic mass is 10.2. The number of nitrogens with two attached hydrogens (primary N) is 1. The largest absolute Gasteiger partial charge is 0.488 e. The van der Waals surface area contributed by atoms with Crippen molar-refractivity contribution in [3.63, 3.8) is 0 Å². The molecule has 0 saturated carbocycles. The molecule has 5 heteroatoms. The van der Waals surface area contributed by atoms with Gasteiger partial charge in [0.05, 0.1) is 5.56 Å². The number of hydrogen-bond acceptors (Lipinski definition) is 2. The first-order valence-electron chi connectivity index (χ1n) is 5.48. The monoisotopic (exact) mass is 340 g/mol. The second-order valence-electron chi connectivity index (χ2n) is 3.79. The molecule has 0 fully saturated rings. The topological polar surface area (TPSA) is 59.1 Å². The van der Waals surface area contributed by atoms with E-state index >= 15 is 0 Å². The molecule has 0 unspecified atom stereocenters. The molecule has 2 rings (SSSR count). The van der Waals surface area contributed by atoms with E-state index in [-0.39, 0.29) is 18.2 Å². The summed E-state index contributed by atoms with van der Waals surface area (Å²) in [7, 11) is 0. The fourth-order valence-electron chi connectivity index (χ4n) is 1.59. The Hall–Kier alpha value is -1.52. The predicted octanol–water partition coefficient (Wildman–Crippen LogP) is 3.73. The van der Waals surface area contributed by atoms with Gasteiger partial charge >= 0.3 is 0 Å². The molecule has 0 radical (unpaired) electrons. The summed E-state index contributed by atoms with van der Waals surface area (Å²) in [6.07, 6.45) is 0. The summed E-state index contributed by atoms with van der Waals surface area (Å²) in [6.45, 7) is 0.436. The van der Waals surface area contributed by atoms with E-state index < -0.39 is 0 Å². The van der Waals surface area contributed by atoms with Crippen LogP contribution in [0.4, 0.5) is 0 Å². The molecule has 0 aliphatic rings. The minimum atomic E-state index is 0. The number of benzene rings is 2. The van der Waals surface area contributed by atoms with Gasteiger partial charge in [0.2, 0.25) is 0 Å². The lowest BCUT2D eigenvalue weighted by Crippen LogP contribution is -2.13. The van der Waals surface area contributed by atoms with Gasteiger partial charge in [0.25, 0.3) is 0 Å². The third-order valence-electron chi connectivity index (χ3n) is 2.52. The molecule has 0 saturated heterocycles. The maximum atomic E-state index is 7.49. The molecular formula is C14H14BrClN2O. The Morgan fingerprint density at radius 3 is 2.42 bits per heavy atom. The second-order valence-corrected chi connectivity index (χ2v) is 4.64. The molecule has 3 N–H and O–H groups in total. The lowest BCUT2D eigenvalue weighted by Gasteiger charge is -2.11. The molecule has 0 spiro atoms. The molecule has 0 atom stereocenters. The van der Waals surface area contributed by atoms with E-state index in [0.717, 1.165) is 10.0 Å². The highest BCUT2D eigenvalue weighted by atomic mass is 79.9. The summed E-state index contributed by atoms with van der Waals surface area (Å²) in [6, 6.07) is 15.2. The molecule has 3 nitrogen and oxygen atoms in total. The molecule has 0 aliphatic carbocycles. The summed E-state index contributed by atoms with van der Waals surface area (Å²) in [4.78, 5) is 0. The van der Waals surface area contributed by atoms with Gasteiger partial charge in [-0.3, -0.25) is 5.41 Å². The summed E-state index contributed by atoms with van der Waals surface area (Å²) in [5.41, 5.74) is 7.17. The number of para-hydroxylation sites is 1. The molecule has 2 aromatic carbocycles. The Morgan fingerprint density at radius 2 is 1.74 bits per heavy atom. The lowest BCUT2D eigenvalue weighted by molar-refractivity contribution is 0.305. The molecule has 0 bridgehead atoms. The first-order chi connectivity index (χ1) is 8.68. The van der Waals surface area contributed by atoms with E-state index in [1.165, 1.54) is 0 Å². The number of rotatable bonds is 4. The summed E-state index contributed by atoms with van der Waals surface area (Å²) >= 11 is 3.47. The Bertz CT molecular complexity index is 575. The minimum absolute atomic E-state index is 0. The van der Waals surface area contributed by atoms with Crippen molar-refractivity contribution < 1.29 is 4.74 Å². The average molecular weight is 342 g/mol. The van der Waals surface area contributed by atoms with E-state index in [9.17, 15) is 0 Å². The van der Waals surface area contributed by atoms with Crippen LogP contribution in [0.25, 0.3) is 0 Å². The highest BCUT2D eigenvalue weighted by molar-refractivity contribution is 9.10. The van der Waals surface area contributed by atoms with Crippen LogP contribution < -0.4 is 10.5 Å². The van der Waals surface area contributed by atoms with E-state index in [0.29, 0.717) is 17.9 Å². The number of amidine groups is 1. The van der Waals surface area contributed by atoms with Gasteiger partial charge in [0.15, 0.2) is 0 Å². The van der Waals surface area contributed by atoms with Gasteiger partial charge in [-0.25, -0.2) is 0 Å². The third-order valence-corrected chi connectivity index (χ3v) is 3.29. The Balaban J connectivity index is 0.00000180. The summed E-state index contributed by atoms with van der Waals surface area (Å²) in [5.74, 6) is 0.637. The number of ether oxygens (including phenoxy) is 1. The fourth-order valence-corrected chi connectivity index (χ4v) is 1.99. The smallest absolute Gasteiger partial charge is 0.130 e. The number of nitrogen functional groups attached to an aromatic ring is 1. The van der Waals surface area contributed by atoms with Crippen molar-refractivity contribution in [2.75, 3.05) is 0 Å². The normalized spacial score (nSPS) is 9.53. The highest BCUT2D eigenvalue weighted by Gasteiger charge is 2.06. The zero-order valence-corrected chi connectivity index (χ0v) is 12.5. The Labute approximate surface area is 126 Å². The summed E-state index contributed by atoms with van der Waals surface area (Å²) < 4.78 is 6.72. The molecule has 100 valence electrons. The van der Waals surface area contributed by atoms with Crippen molar-refractivity contribution in [1.29, 1.82) is 5.41 Å². The van der Waals surface area contributed by atoms with E-state index in [4.69, 9.17) is 15.9 Å². The number of nitrogens with one attached hydrogen (secondary N) is 1. The summed E-state index contributed by atoms with van der Waals surface area (Å²) in [5, 5.41) is 7.49. The Morgan fingerprint density at radius 1 is 1.11 bits per heavy atom. The van der Waals surface area contributed by atoms with Crippen LogP contribution >= 0.6 is 28.3 Å². The minimum Gasteiger partial charge on any atom is -0.488 e. The zero-order valence-electron chi connectivity index (χ0n) is 10.1. The van der Waals surface area contributed by atoms with Crippen molar-refractivity contribution in [3.8, 4) is 5.75 Å². The van der Waals surface area contributed by atoms with Crippen molar-refractivity contribution >= 4 is 34.2 Å². The average Bonchev–Trinajstić information content (AvgIpc) is 2.38. The standard InChI is InChI=1S/C14H13BrN2O.ClH/c15-12-7-3-1-5-10(12)9-18-13-8-4-2-6-11(13)14(16)17;/h1-8H,9H2,(H3,16,17);1H. The Kier molecular flexibility index (Phi) is 5.86. The quantitative estimate of drug-likeness (QED) is 0.657. The van der Waals surface area contributed by atoms with Crippen LogP contribution in [0.2, 0.25) is 0 Å². The van der Waals surface area contributed by atoms with Crippen LogP contribution in [0.1, 0.15) is 11.1 Å². The van der Waals surface area contributed by atoms with Crippen LogP contribution in [0.5, 0.6) is 5.75 Å². The molecule has 0 aromatic heterocycles. The zero-order chi connectivity index (χ0) is 13.0. The molecule has 0 heterocycles.